The zero-order chi connectivity index (χ0) is 19.5. The van der Waals surface area contributed by atoms with Gasteiger partial charge in [-0.25, -0.2) is 4.79 Å². The Kier molecular flexibility index (Phi) is 4.23. The lowest BCUT2D eigenvalue weighted by molar-refractivity contribution is -0.117. The van der Waals surface area contributed by atoms with Crippen molar-refractivity contribution in [3.8, 4) is 11.5 Å². The Morgan fingerprint density at radius 3 is 3.00 bits per heavy atom. The van der Waals surface area contributed by atoms with Crippen LogP contribution in [-0.2, 0) is 14.9 Å². The van der Waals surface area contributed by atoms with Gasteiger partial charge in [-0.05, 0) is 35.3 Å². The second-order valence-corrected chi connectivity index (χ2v) is 8.16. The number of likely N-dealkylation sites (tertiary alicyclic amines) is 1. The number of benzene rings is 1. The van der Waals surface area contributed by atoms with Crippen molar-refractivity contribution in [2.24, 2.45) is 0 Å². The fraction of sp³-hybridized carbons (Fsp3) is 0.474. The number of esters is 1. The molecule has 3 aliphatic rings. The predicted molar refractivity (Wildman–Crippen MR) is 98.8 cm³/mol. The van der Waals surface area contributed by atoms with Crippen LogP contribution >= 0.6 is 15.9 Å². The fourth-order valence-electron chi connectivity index (χ4n) is 4.41. The molecule has 2 heterocycles. The van der Waals surface area contributed by atoms with Gasteiger partial charge in [0.15, 0.2) is 17.3 Å². The number of aliphatic hydroxyl groups excluding tert-OH is 1. The number of hydrogen-bond acceptors (Lipinski definition) is 7. The lowest BCUT2D eigenvalue weighted by Gasteiger charge is -2.35. The van der Waals surface area contributed by atoms with E-state index in [1.807, 2.05) is 11.9 Å². The molecule has 1 aromatic rings. The van der Waals surface area contributed by atoms with Gasteiger partial charge in [-0.3, -0.25) is 4.79 Å². The van der Waals surface area contributed by atoms with Gasteiger partial charge in [-0.1, -0.05) is 0 Å². The highest BCUT2D eigenvalue weighted by Gasteiger charge is 2.60. The summed E-state index contributed by atoms with van der Waals surface area (Å²) in [5, 5.41) is 19.7. The Morgan fingerprint density at radius 1 is 1.56 bits per heavy atom. The molecule has 1 fully saturated rings. The highest BCUT2D eigenvalue weighted by Crippen LogP contribution is 2.60. The van der Waals surface area contributed by atoms with Crippen LogP contribution in [0.3, 0.4) is 0 Å². The number of likely N-dealkylation sites (N-methyl/N-ethyl adjacent to an activating group) is 1. The second kappa shape index (κ2) is 6.24. The summed E-state index contributed by atoms with van der Waals surface area (Å²) < 4.78 is 11.8. The summed E-state index contributed by atoms with van der Waals surface area (Å²) in [5.41, 5.74) is 0.929. The van der Waals surface area contributed by atoms with E-state index in [-0.39, 0.29) is 35.9 Å². The number of nitrogens with zero attached hydrogens (tertiary/aromatic N) is 1. The summed E-state index contributed by atoms with van der Waals surface area (Å²) in [6.45, 7) is 2.00. The number of aliphatic hydroxyl groups is 1. The number of ketones is 1. The number of ether oxygens (including phenoxy) is 2. The third-order valence-electron chi connectivity index (χ3n) is 5.63. The number of aromatic hydroxyl groups is 1. The molecule has 4 rings (SSSR count). The van der Waals surface area contributed by atoms with Gasteiger partial charge >= 0.3 is 5.97 Å². The maximum Gasteiger partial charge on any atom is 0.340 e. The topological polar surface area (TPSA) is 96.3 Å². The van der Waals surface area contributed by atoms with Crippen LogP contribution in [-0.4, -0.2) is 59.3 Å². The molecule has 27 heavy (non-hydrogen) atoms. The Balaban J connectivity index is 1.95. The first kappa shape index (κ1) is 18.3. The molecule has 2 aliphatic heterocycles. The van der Waals surface area contributed by atoms with Crippen LogP contribution in [0.4, 0.5) is 0 Å². The minimum Gasteiger partial charge on any atom is -0.504 e. The number of carbonyl (C=O) groups is 2. The molecule has 144 valence electrons. The standard InChI is InChI=1S/C19H20BrNO6/c1-9(8-22)26-18(25)15-11(20)7-12(24)17-16(15)19-3-4-21(2)13(19)5-10(23)6-14(19)27-17/h5,7,9,14,22,24H,3-4,6,8H2,1-2H3/t9?,14-,19+/m0/s1. The molecule has 7 nitrogen and oxygen atoms in total. The number of halogens is 1. The summed E-state index contributed by atoms with van der Waals surface area (Å²) in [5.74, 6) is -0.510. The Labute approximate surface area is 164 Å². The van der Waals surface area contributed by atoms with Gasteiger partial charge in [0.1, 0.15) is 12.2 Å². The lowest BCUT2D eigenvalue weighted by atomic mass is 9.68. The summed E-state index contributed by atoms with van der Waals surface area (Å²) in [4.78, 5) is 27.1. The molecule has 2 N–H and O–H groups in total. The van der Waals surface area contributed by atoms with Crippen LogP contribution in [0.1, 0.15) is 35.7 Å². The largest absolute Gasteiger partial charge is 0.504 e. The van der Waals surface area contributed by atoms with E-state index in [4.69, 9.17) is 9.47 Å². The quantitative estimate of drug-likeness (QED) is 0.696. The molecular formula is C19H20BrNO6. The van der Waals surface area contributed by atoms with Crippen LogP contribution in [0.15, 0.2) is 22.3 Å². The van der Waals surface area contributed by atoms with Crippen LogP contribution in [0.2, 0.25) is 0 Å². The van der Waals surface area contributed by atoms with Crippen molar-refractivity contribution >= 4 is 27.7 Å². The van der Waals surface area contributed by atoms with Crippen LogP contribution in [0.25, 0.3) is 0 Å². The van der Waals surface area contributed by atoms with Gasteiger partial charge < -0.3 is 24.6 Å². The number of fused-ring (bicyclic) bond motifs is 1. The van der Waals surface area contributed by atoms with E-state index in [0.29, 0.717) is 23.0 Å². The summed E-state index contributed by atoms with van der Waals surface area (Å²) >= 11 is 3.37. The zero-order valence-electron chi connectivity index (χ0n) is 15.0. The van der Waals surface area contributed by atoms with Crippen molar-refractivity contribution in [2.75, 3.05) is 20.2 Å². The molecule has 0 amide bonds. The third kappa shape index (κ3) is 2.50. The lowest BCUT2D eigenvalue weighted by Crippen LogP contribution is -2.44. The first-order chi connectivity index (χ1) is 12.8. The number of phenols is 1. The highest BCUT2D eigenvalue weighted by atomic mass is 79.9. The Hall–Kier alpha value is -2.06. The molecule has 0 radical (unpaired) electrons. The summed E-state index contributed by atoms with van der Waals surface area (Å²) in [6, 6.07) is 1.40. The number of carbonyl (C=O) groups excluding carboxylic acids is 2. The van der Waals surface area contributed by atoms with E-state index in [0.717, 1.165) is 5.70 Å². The minimum absolute atomic E-state index is 0.0382. The minimum atomic E-state index is -0.684. The molecule has 1 aliphatic carbocycles. The number of rotatable bonds is 3. The average molecular weight is 438 g/mol. The van der Waals surface area contributed by atoms with E-state index >= 15 is 0 Å². The van der Waals surface area contributed by atoms with Crippen LogP contribution in [0, 0.1) is 0 Å². The van der Waals surface area contributed by atoms with Gasteiger partial charge in [0.05, 0.1) is 17.6 Å². The first-order valence-corrected chi connectivity index (χ1v) is 9.59. The Morgan fingerprint density at radius 2 is 2.30 bits per heavy atom. The Bertz CT molecular complexity index is 881. The average Bonchev–Trinajstić information content (AvgIpc) is 3.11. The van der Waals surface area contributed by atoms with E-state index in [2.05, 4.69) is 15.9 Å². The normalized spacial score (nSPS) is 26.7. The predicted octanol–water partition coefficient (Wildman–Crippen LogP) is 1.88. The number of phenolic OH excluding ortho intramolecular Hbond substituents is 1. The fourth-order valence-corrected chi connectivity index (χ4v) is 4.98. The molecule has 1 saturated heterocycles. The van der Waals surface area contributed by atoms with Crippen molar-refractivity contribution < 1.29 is 29.3 Å². The van der Waals surface area contributed by atoms with Crippen LogP contribution < -0.4 is 4.74 Å². The molecule has 1 unspecified atom stereocenters. The highest BCUT2D eigenvalue weighted by molar-refractivity contribution is 9.10. The molecule has 3 atom stereocenters. The van der Waals surface area contributed by atoms with E-state index in [1.165, 1.54) is 6.07 Å². The van der Waals surface area contributed by atoms with Gasteiger partial charge in [-0.2, -0.15) is 0 Å². The molecular weight excluding hydrogens is 418 g/mol. The molecule has 0 saturated carbocycles. The number of allylic oxidation sites excluding steroid dienone is 1. The van der Waals surface area contributed by atoms with Gasteiger partial charge in [-0.15, -0.1) is 0 Å². The second-order valence-electron chi connectivity index (χ2n) is 7.30. The zero-order valence-corrected chi connectivity index (χ0v) is 16.6. The van der Waals surface area contributed by atoms with Gasteiger partial charge in [0.2, 0.25) is 0 Å². The van der Waals surface area contributed by atoms with Crippen molar-refractivity contribution in [2.45, 2.75) is 37.4 Å². The summed E-state index contributed by atoms with van der Waals surface area (Å²) in [7, 11) is 1.90. The van der Waals surface area contributed by atoms with Crippen LogP contribution in [0.5, 0.6) is 11.5 Å². The third-order valence-corrected chi connectivity index (χ3v) is 6.26. The molecule has 0 bridgehead atoms. The number of hydrogen-bond donors (Lipinski definition) is 2. The molecule has 1 spiro atoms. The summed E-state index contributed by atoms with van der Waals surface area (Å²) in [6.07, 6.45) is 1.31. The smallest absolute Gasteiger partial charge is 0.340 e. The SMILES string of the molecule is CC(CO)OC(=O)c1c(Br)cc(O)c2c1[C@]13CCN(C)C1=CC(=O)C[C@@H]3O2. The van der Waals surface area contributed by atoms with Crippen molar-refractivity contribution in [3.63, 3.8) is 0 Å². The van der Waals surface area contributed by atoms with Crippen molar-refractivity contribution in [1.29, 1.82) is 0 Å². The van der Waals surface area contributed by atoms with E-state index < -0.39 is 23.6 Å². The van der Waals surface area contributed by atoms with Gasteiger partial charge in [0, 0.05) is 41.8 Å². The van der Waals surface area contributed by atoms with Crippen molar-refractivity contribution in [3.05, 3.63) is 33.4 Å². The monoisotopic (exact) mass is 437 g/mol. The molecule has 1 aromatic carbocycles. The molecule has 0 aromatic heterocycles. The first-order valence-electron chi connectivity index (χ1n) is 8.80. The maximum absolute atomic E-state index is 12.9. The van der Waals surface area contributed by atoms with Crippen molar-refractivity contribution in [1.82, 2.24) is 4.90 Å². The van der Waals surface area contributed by atoms with Gasteiger partial charge in [0.25, 0.3) is 0 Å². The maximum atomic E-state index is 12.9. The van der Waals surface area contributed by atoms with E-state index in [9.17, 15) is 19.8 Å². The molecule has 8 heteroatoms. The van der Waals surface area contributed by atoms with E-state index in [1.54, 1.807) is 13.0 Å².